The number of ether oxygens (including phenoxy) is 1. The Balaban J connectivity index is 3.02. The maximum Gasteiger partial charge on any atom is 0.419 e. The summed E-state index contributed by atoms with van der Waals surface area (Å²) in [4.78, 5) is 0. The van der Waals surface area contributed by atoms with Gasteiger partial charge in [-0.05, 0) is 51.8 Å². The third-order valence-corrected chi connectivity index (χ3v) is 3.08. The minimum atomic E-state index is -4.42. The molecular formula is C16H24F3NO. The summed E-state index contributed by atoms with van der Waals surface area (Å²) in [7, 11) is 0. The summed E-state index contributed by atoms with van der Waals surface area (Å²) >= 11 is 0. The molecule has 1 atom stereocenters. The molecule has 0 saturated carbocycles. The van der Waals surface area contributed by atoms with Crippen molar-refractivity contribution in [1.82, 2.24) is 5.32 Å². The van der Waals surface area contributed by atoms with E-state index in [-0.39, 0.29) is 17.4 Å². The Kier molecular flexibility index (Phi) is 5.68. The number of hydrogen-bond donors (Lipinski definition) is 1. The van der Waals surface area contributed by atoms with Gasteiger partial charge < -0.3 is 10.1 Å². The fourth-order valence-electron chi connectivity index (χ4n) is 1.68. The second-order valence-electron chi connectivity index (χ2n) is 6.27. The summed E-state index contributed by atoms with van der Waals surface area (Å²) in [5.74, 6) is -0.101. The van der Waals surface area contributed by atoms with Gasteiger partial charge in [-0.15, -0.1) is 0 Å². The fourth-order valence-corrected chi connectivity index (χ4v) is 1.68. The van der Waals surface area contributed by atoms with Gasteiger partial charge in [0.2, 0.25) is 0 Å². The SMILES string of the molecule is CCC(C)Oc1ccc(CNC(C)(C)C)cc1C(F)(F)F. The van der Waals surface area contributed by atoms with Crippen LogP contribution in [0.3, 0.4) is 0 Å². The summed E-state index contributed by atoms with van der Waals surface area (Å²) in [6.45, 7) is 9.93. The molecule has 1 N–H and O–H groups in total. The molecule has 0 saturated heterocycles. The van der Waals surface area contributed by atoms with Crippen LogP contribution in [-0.4, -0.2) is 11.6 Å². The molecule has 1 rings (SSSR count). The molecule has 1 aromatic carbocycles. The van der Waals surface area contributed by atoms with Gasteiger partial charge in [-0.1, -0.05) is 13.0 Å². The van der Waals surface area contributed by atoms with Crippen molar-refractivity contribution in [1.29, 1.82) is 0 Å². The van der Waals surface area contributed by atoms with E-state index in [1.54, 1.807) is 13.0 Å². The van der Waals surface area contributed by atoms with E-state index in [1.165, 1.54) is 6.07 Å². The molecule has 0 aliphatic heterocycles. The zero-order valence-electron chi connectivity index (χ0n) is 13.3. The van der Waals surface area contributed by atoms with E-state index in [1.807, 2.05) is 27.7 Å². The van der Waals surface area contributed by atoms with Gasteiger partial charge in [0.25, 0.3) is 0 Å². The van der Waals surface area contributed by atoms with Gasteiger partial charge in [-0.25, -0.2) is 0 Å². The molecule has 0 aliphatic carbocycles. The molecule has 0 radical (unpaired) electrons. The molecule has 0 aliphatic rings. The van der Waals surface area contributed by atoms with Crippen molar-refractivity contribution in [2.75, 3.05) is 0 Å². The van der Waals surface area contributed by atoms with Crippen LogP contribution >= 0.6 is 0 Å². The third kappa shape index (κ3) is 5.96. The van der Waals surface area contributed by atoms with Gasteiger partial charge >= 0.3 is 6.18 Å². The van der Waals surface area contributed by atoms with Crippen molar-refractivity contribution in [2.24, 2.45) is 0 Å². The van der Waals surface area contributed by atoms with Crippen molar-refractivity contribution in [3.8, 4) is 5.75 Å². The van der Waals surface area contributed by atoms with Crippen LogP contribution in [0, 0.1) is 0 Å². The van der Waals surface area contributed by atoms with Gasteiger partial charge in [-0.3, -0.25) is 0 Å². The van der Waals surface area contributed by atoms with Crippen LogP contribution in [0.25, 0.3) is 0 Å². The second kappa shape index (κ2) is 6.69. The lowest BCUT2D eigenvalue weighted by Gasteiger charge is -2.22. The molecule has 0 spiro atoms. The summed E-state index contributed by atoms with van der Waals surface area (Å²) in [6, 6.07) is 4.25. The number of nitrogens with one attached hydrogen (secondary N) is 1. The van der Waals surface area contributed by atoms with E-state index < -0.39 is 11.7 Å². The Morgan fingerprint density at radius 2 is 1.81 bits per heavy atom. The van der Waals surface area contributed by atoms with Crippen LogP contribution in [-0.2, 0) is 12.7 Å². The maximum absolute atomic E-state index is 13.2. The highest BCUT2D eigenvalue weighted by Gasteiger charge is 2.35. The molecule has 2 nitrogen and oxygen atoms in total. The lowest BCUT2D eigenvalue weighted by atomic mass is 10.1. The summed E-state index contributed by atoms with van der Waals surface area (Å²) in [5.41, 5.74) is -0.269. The van der Waals surface area contributed by atoms with Gasteiger partial charge in [0, 0.05) is 12.1 Å². The first kappa shape index (κ1) is 17.8. The predicted molar refractivity (Wildman–Crippen MR) is 78.4 cm³/mol. The maximum atomic E-state index is 13.2. The van der Waals surface area contributed by atoms with Crippen molar-refractivity contribution < 1.29 is 17.9 Å². The molecule has 0 aromatic heterocycles. The predicted octanol–water partition coefficient (Wildman–Crippen LogP) is 4.77. The van der Waals surface area contributed by atoms with Crippen LogP contribution in [0.4, 0.5) is 13.2 Å². The normalized spacial score (nSPS) is 14.1. The molecule has 0 bridgehead atoms. The largest absolute Gasteiger partial charge is 0.490 e. The van der Waals surface area contributed by atoms with E-state index in [0.29, 0.717) is 18.5 Å². The second-order valence-corrected chi connectivity index (χ2v) is 6.27. The van der Waals surface area contributed by atoms with Gasteiger partial charge in [0.1, 0.15) is 5.75 Å². The molecule has 120 valence electrons. The van der Waals surface area contributed by atoms with Crippen LogP contribution < -0.4 is 10.1 Å². The number of alkyl halides is 3. The Morgan fingerprint density at radius 1 is 1.19 bits per heavy atom. The molecule has 21 heavy (non-hydrogen) atoms. The highest BCUT2D eigenvalue weighted by atomic mass is 19.4. The van der Waals surface area contributed by atoms with E-state index in [2.05, 4.69) is 5.32 Å². The van der Waals surface area contributed by atoms with Gasteiger partial charge in [0.15, 0.2) is 0 Å². The molecule has 1 unspecified atom stereocenters. The quantitative estimate of drug-likeness (QED) is 0.846. The van der Waals surface area contributed by atoms with Gasteiger partial charge in [-0.2, -0.15) is 13.2 Å². The number of benzene rings is 1. The molecule has 0 fully saturated rings. The van der Waals surface area contributed by atoms with E-state index in [4.69, 9.17) is 4.74 Å². The van der Waals surface area contributed by atoms with Crippen molar-refractivity contribution in [3.05, 3.63) is 29.3 Å². The Bertz CT molecular complexity index is 464. The molecule has 0 amide bonds. The van der Waals surface area contributed by atoms with E-state index >= 15 is 0 Å². The highest BCUT2D eigenvalue weighted by molar-refractivity contribution is 5.39. The number of halogens is 3. The van der Waals surface area contributed by atoms with Crippen LogP contribution in [0.2, 0.25) is 0 Å². The van der Waals surface area contributed by atoms with Crippen molar-refractivity contribution >= 4 is 0 Å². The molecule has 5 heteroatoms. The minimum Gasteiger partial charge on any atom is -0.490 e. The van der Waals surface area contributed by atoms with Crippen LogP contribution in [0.5, 0.6) is 5.75 Å². The smallest absolute Gasteiger partial charge is 0.419 e. The molecular weight excluding hydrogens is 279 g/mol. The zero-order chi connectivity index (χ0) is 16.3. The van der Waals surface area contributed by atoms with Crippen molar-refractivity contribution in [2.45, 2.75) is 65.4 Å². The average molecular weight is 303 g/mol. The summed E-state index contributed by atoms with van der Waals surface area (Å²) < 4.78 is 44.9. The van der Waals surface area contributed by atoms with Crippen LogP contribution in [0.1, 0.15) is 52.2 Å². The molecule has 0 heterocycles. The number of rotatable bonds is 5. The Labute approximate surface area is 124 Å². The van der Waals surface area contributed by atoms with Crippen LogP contribution in [0.15, 0.2) is 18.2 Å². The van der Waals surface area contributed by atoms with E-state index in [9.17, 15) is 13.2 Å². The van der Waals surface area contributed by atoms with Gasteiger partial charge in [0.05, 0.1) is 11.7 Å². The molecule has 1 aromatic rings. The Morgan fingerprint density at radius 3 is 2.29 bits per heavy atom. The third-order valence-electron chi connectivity index (χ3n) is 3.08. The summed E-state index contributed by atoms with van der Waals surface area (Å²) in [6.07, 6.45) is -4.00. The fraction of sp³-hybridized carbons (Fsp3) is 0.625. The average Bonchev–Trinajstić information content (AvgIpc) is 2.35. The zero-order valence-corrected chi connectivity index (χ0v) is 13.3. The first-order valence-corrected chi connectivity index (χ1v) is 7.14. The summed E-state index contributed by atoms with van der Waals surface area (Å²) in [5, 5.41) is 3.18. The lowest BCUT2D eigenvalue weighted by Crippen LogP contribution is -2.35. The standard InChI is InChI=1S/C16H24F3NO/c1-6-11(2)21-14-8-7-12(10-20-15(3,4)5)9-13(14)16(17,18)19/h7-9,11,20H,6,10H2,1-5H3. The van der Waals surface area contributed by atoms with Crippen molar-refractivity contribution in [3.63, 3.8) is 0 Å². The van der Waals surface area contributed by atoms with E-state index in [0.717, 1.165) is 6.07 Å². The Hall–Kier alpha value is -1.23. The first-order chi connectivity index (χ1) is 9.53. The number of hydrogen-bond acceptors (Lipinski definition) is 2. The minimum absolute atomic E-state index is 0.101. The first-order valence-electron chi connectivity index (χ1n) is 7.14. The highest BCUT2D eigenvalue weighted by Crippen LogP contribution is 2.37. The lowest BCUT2D eigenvalue weighted by molar-refractivity contribution is -0.139. The monoisotopic (exact) mass is 303 g/mol. The topological polar surface area (TPSA) is 21.3 Å².